The van der Waals surface area contributed by atoms with Crippen molar-refractivity contribution in [3.8, 4) is 6.07 Å². The summed E-state index contributed by atoms with van der Waals surface area (Å²) in [4.78, 5) is 11.0. The molecule has 1 rings (SSSR count). The lowest BCUT2D eigenvalue weighted by molar-refractivity contribution is -0.137. The second-order valence-electron chi connectivity index (χ2n) is 3.37. The number of benzene rings is 1. The van der Waals surface area contributed by atoms with E-state index in [0.717, 1.165) is 19.2 Å². The standard InChI is InChI=1S/C11H7ClF3N3O2/c1-20-10(19)9(5-16)18-17-8-4-6(11(13,14)15)2-3-7(8)12/h2-4,17H,1H3/b18-9-. The number of rotatable bonds is 3. The summed E-state index contributed by atoms with van der Waals surface area (Å²) in [5.41, 5.74) is 0.328. The smallest absolute Gasteiger partial charge is 0.416 e. The van der Waals surface area contributed by atoms with Crippen molar-refractivity contribution in [2.24, 2.45) is 5.10 Å². The second-order valence-corrected chi connectivity index (χ2v) is 3.78. The number of carbonyl (C=O) groups excluding carboxylic acids is 1. The van der Waals surface area contributed by atoms with Crippen LogP contribution in [0.2, 0.25) is 5.02 Å². The Labute approximate surface area is 116 Å². The number of nitrogens with zero attached hydrogens (tertiary/aromatic N) is 2. The minimum absolute atomic E-state index is 0.0519. The average molecular weight is 306 g/mol. The van der Waals surface area contributed by atoms with Crippen molar-refractivity contribution in [2.75, 3.05) is 12.5 Å². The molecule has 0 fully saturated rings. The molecule has 20 heavy (non-hydrogen) atoms. The van der Waals surface area contributed by atoms with Gasteiger partial charge in [0.1, 0.15) is 6.07 Å². The predicted molar refractivity (Wildman–Crippen MR) is 65.1 cm³/mol. The van der Waals surface area contributed by atoms with Gasteiger partial charge in [0.15, 0.2) is 0 Å². The minimum atomic E-state index is -4.55. The Morgan fingerprint density at radius 1 is 1.50 bits per heavy atom. The summed E-state index contributed by atoms with van der Waals surface area (Å²) in [7, 11) is 1.03. The number of ether oxygens (including phenoxy) is 1. The average Bonchev–Trinajstić information content (AvgIpc) is 2.39. The van der Waals surface area contributed by atoms with Gasteiger partial charge >= 0.3 is 12.1 Å². The maximum absolute atomic E-state index is 12.5. The maximum Gasteiger partial charge on any atom is 0.416 e. The quantitative estimate of drug-likeness (QED) is 0.529. The van der Waals surface area contributed by atoms with Crippen molar-refractivity contribution >= 4 is 29.0 Å². The van der Waals surface area contributed by atoms with Crippen LogP contribution in [0.4, 0.5) is 18.9 Å². The van der Waals surface area contributed by atoms with Gasteiger partial charge in [-0.25, -0.2) is 4.79 Å². The van der Waals surface area contributed by atoms with E-state index in [1.54, 1.807) is 0 Å². The molecule has 0 saturated carbocycles. The van der Waals surface area contributed by atoms with Crippen LogP contribution >= 0.6 is 11.6 Å². The van der Waals surface area contributed by atoms with E-state index in [-0.39, 0.29) is 10.7 Å². The number of nitrogens with one attached hydrogen (secondary N) is 1. The van der Waals surface area contributed by atoms with E-state index in [0.29, 0.717) is 6.07 Å². The topological polar surface area (TPSA) is 74.5 Å². The molecule has 0 spiro atoms. The number of carbonyl (C=O) groups is 1. The molecule has 0 unspecified atom stereocenters. The number of alkyl halides is 3. The third-order valence-electron chi connectivity index (χ3n) is 2.07. The van der Waals surface area contributed by atoms with Crippen LogP contribution in [0.3, 0.4) is 0 Å². The first-order chi connectivity index (χ1) is 9.29. The second kappa shape index (κ2) is 6.25. The van der Waals surface area contributed by atoms with Crippen molar-refractivity contribution in [3.05, 3.63) is 28.8 Å². The molecule has 106 valence electrons. The molecule has 5 nitrogen and oxygen atoms in total. The molecule has 0 heterocycles. The lowest BCUT2D eigenvalue weighted by Gasteiger charge is -2.09. The fourth-order valence-corrected chi connectivity index (χ4v) is 1.28. The summed E-state index contributed by atoms with van der Waals surface area (Å²) in [5, 5.41) is 11.9. The van der Waals surface area contributed by atoms with Gasteiger partial charge < -0.3 is 4.74 Å². The fourth-order valence-electron chi connectivity index (χ4n) is 1.12. The Balaban J connectivity index is 3.07. The van der Waals surface area contributed by atoms with Gasteiger partial charge in [-0.2, -0.15) is 23.5 Å². The molecule has 0 aliphatic carbocycles. The fraction of sp³-hybridized carbons (Fsp3) is 0.182. The molecule has 0 aliphatic rings. The van der Waals surface area contributed by atoms with Gasteiger partial charge in [-0.3, -0.25) is 5.43 Å². The highest BCUT2D eigenvalue weighted by Crippen LogP contribution is 2.33. The summed E-state index contributed by atoms with van der Waals surface area (Å²) in [6.45, 7) is 0. The van der Waals surface area contributed by atoms with Gasteiger partial charge in [-0.05, 0) is 18.2 Å². The van der Waals surface area contributed by atoms with Crippen molar-refractivity contribution in [1.82, 2.24) is 0 Å². The monoisotopic (exact) mass is 305 g/mol. The molecule has 0 saturated heterocycles. The van der Waals surface area contributed by atoms with Crippen LogP contribution in [0.25, 0.3) is 0 Å². The highest BCUT2D eigenvalue weighted by Gasteiger charge is 2.31. The molecule has 0 aromatic heterocycles. The lowest BCUT2D eigenvalue weighted by atomic mass is 10.2. The van der Waals surface area contributed by atoms with E-state index in [2.05, 4.69) is 15.3 Å². The van der Waals surface area contributed by atoms with Crippen LogP contribution in [0.5, 0.6) is 0 Å². The van der Waals surface area contributed by atoms with Gasteiger partial charge in [0, 0.05) is 0 Å². The number of hydrazone groups is 1. The first-order valence-corrected chi connectivity index (χ1v) is 5.36. The van der Waals surface area contributed by atoms with E-state index in [4.69, 9.17) is 16.9 Å². The Morgan fingerprint density at radius 2 is 2.15 bits per heavy atom. The summed E-state index contributed by atoms with van der Waals surface area (Å²) in [5.74, 6) is -1.02. The zero-order valence-electron chi connectivity index (χ0n) is 9.95. The van der Waals surface area contributed by atoms with Gasteiger partial charge in [0.05, 0.1) is 23.4 Å². The SMILES string of the molecule is COC(=O)/C(C#N)=N\Nc1cc(C(F)(F)F)ccc1Cl. The first kappa shape index (κ1) is 15.8. The molecule has 0 radical (unpaired) electrons. The van der Waals surface area contributed by atoms with Crippen molar-refractivity contribution in [2.45, 2.75) is 6.18 Å². The Hall–Kier alpha value is -2.27. The van der Waals surface area contributed by atoms with Gasteiger partial charge in [0.25, 0.3) is 0 Å². The zero-order valence-corrected chi connectivity index (χ0v) is 10.7. The molecule has 0 atom stereocenters. The molecular weight excluding hydrogens is 299 g/mol. The molecule has 1 aromatic carbocycles. The normalized spacial score (nSPS) is 11.7. The number of hydrogen-bond donors (Lipinski definition) is 1. The van der Waals surface area contributed by atoms with Gasteiger partial charge in [-0.1, -0.05) is 11.6 Å². The minimum Gasteiger partial charge on any atom is -0.464 e. The van der Waals surface area contributed by atoms with Crippen molar-refractivity contribution in [3.63, 3.8) is 0 Å². The van der Waals surface area contributed by atoms with E-state index < -0.39 is 23.4 Å². The highest BCUT2D eigenvalue weighted by molar-refractivity contribution is 6.43. The number of anilines is 1. The van der Waals surface area contributed by atoms with Crippen LogP contribution in [0, 0.1) is 11.3 Å². The van der Waals surface area contributed by atoms with E-state index in [9.17, 15) is 18.0 Å². The van der Waals surface area contributed by atoms with Crippen LogP contribution in [-0.2, 0) is 15.7 Å². The summed E-state index contributed by atoms with van der Waals surface area (Å²) < 4.78 is 41.8. The van der Waals surface area contributed by atoms with Gasteiger partial charge in [0.2, 0.25) is 5.71 Å². The largest absolute Gasteiger partial charge is 0.464 e. The third-order valence-corrected chi connectivity index (χ3v) is 2.40. The molecule has 1 N–H and O–H groups in total. The number of halogens is 4. The third kappa shape index (κ3) is 3.86. The number of nitriles is 1. The Morgan fingerprint density at radius 3 is 2.65 bits per heavy atom. The number of esters is 1. The zero-order chi connectivity index (χ0) is 15.3. The lowest BCUT2D eigenvalue weighted by Crippen LogP contribution is -2.15. The van der Waals surface area contributed by atoms with Crippen LogP contribution < -0.4 is 5.43 Å². The molecular formula is C11H7ClF3N3O2. The van der Waals surface area contributed by atoms with E-state index in [1.807, 2.05) is 0 Å². The molecule has 0 bridgehead atoms. The first-order valence-electron chi connectivity index (χ1n) is 4.98. The molecule has 1 aromatic rings. The summed E-state index contributed by atoms with van der Waals surface area (Å²) >= 11 is 5.69. The number of hydrogen-bond acceptors (Lipinski definition) is 5. The van der Waals surface area contributed by atoms with Crippen LogP contribution in [0.15, 0.2) is 23.3 Å². The summed E-state index contributed by atoms with van der Waals surface area (Å²) in [6, 6.07) is 3.96. The molecule has 0 aliphatic heterocycles. The maximum atomic E-state index is 12.5. The van der Waals surface area contributed by atoms with Crippen molar-refractivity contribution < 1.29 is 22.7 Å². The van der Waals surface area contributed by atoms with Crippen LogP contribution in [0.1, 0.15) is 5.56 Å². The van der Waals surface area contributed by atoms with E-state index >= 15 is 0 Å². The Kier molecular flexibility index (Phi) is 4.94. The molecule has 0 amide bonds. The van der Waals surface area contributed by atoms with Crippen LogP contribution in [-0.4, -0.2) is 18.8 Å². The number of methoxy groups -OCH3 is 1. The highest BCUT2D eigenvalue weighted by atomic mass is 35.5. The summed E-state index contributed by atoms with van der Waals surface area (Å²) in [6.07, 6.45) is -4.55. The predicted octanol–water partition coefficient (Wildman–Crippen LogP) is 2.82. The Bertz CT molecular complexity index is 594. The van der Waals surface area contributed by atoms with Gasteiger partial charge in [-0.15, -0.1) is 0 Å². The van der Waals surface area contributed by atoms with E-state index in [1.165, 1.54) is 6.07 Å². The van der Waals surface area contributed by atoms with Crippen molar-refractivity contribution in [1.29, 1.82) is 5.26 Å². The molecule has 9 heteroatoms.